The lowest BCUT2D eigenvalue weighted by atomic mass is 10.00. The highest BCUT2D eigenvalue weighted by atomic mass is 35.5. The number of hydrogen-bond donors (Lipinski definition) is 3. The summed E-state index contributed by atoms with van der Waals surface area (Å²) < 4.78 is 0. The Kier molecular flexibility index (Phi) is 2.93. The van der Waals surface area contributed by atoms with E-state index in [0.29, 0.717) is 28.1 Å². The van der Waals surface area contributed by atoms with E-state index in [2.05, 4.69) is 10.2 Å². The minimum Gasteiger partial charge on any atom is -0.393 e. The molecule has 2 fully saturated rings. The molecule has 3 aliphatic rings. The van der Waals surface area contributed by atoms with Crippen molar-refractivity contribution >= 4 is 28.9 Å². The van der Waals surface area contributed by atoms with Gasteiger partial charge in [0, 0.05) is 30.3 Å². The van der Waals surface area contributed by atoms with Crippen LogP contribution < -0.4 is 10.2 Å². The Morgan fingerprint density at radius 2 is 2.05 bits per heavy atom. The molecule has 1 saturated heterocycles. The van der Waals surface area contributed by atoms with Gasteiger partial charge >= 0.3 is 0 Å². The number of nitrogens with one attached hydrogen (secondary N) is 1. The van der Waals surface area contributed by atoms with Gasteiger partial charge in [0.05, 0.1) is 16.8 Å². The van der Waals surface area contributed by atoms with Crippen molar-refractivity contribution in [2.75, 3.05) is 23.3 Å². The second-order valence-corrected chi connectivity index (χ2v) is 6.66. The first-order chi connectivity index (χ1) is 10.0. The highest BCUT2D eigenvalue weighted by Gasteiger charge is 2.42. The van der Waals surface area contributed by atoms with Crippen LogP contribution in [-0.2, 0) is 4.79 Å². The Bertz CT molecular complexity index is 621. The van der Waals surface area contributed by atoms with E-state index < -0.39 is 12.0 Å². The molecule has 0 aromatic heterocycles. The number of aliphatic hydroxyl groups excluding tert-OH is 2. The van der Waals surface area contributed by atoms with E-state index in [1.165, 1.54) is 0 Å². The molecule has 4 rings (SSSR count). The number of aliphatic hydroxyl groups is 2. The molecule has 4 unspecified atom stereocenters. The molecule has 1 saturated carbocycles. The molecule has 4 atom stereocenters. The molecule has 1 amide bonds. The molecule has 0 bridgehead atoms. The van der Waals surface area contributed by atoms with Crippen LogP contribution in [0.4, 0.5) is 11.4 Å². The van der Waals surface area contributed by atoms with Crippen molar-refractivity contribution in [3.63, 3.8) is 0 Å². The molecule has 3 N–H and O–H groups in total. The van der Waals surface area contributed by atoms with Crippen LogP contribution in [-0.4, -0.2) is 35.3 Å². The van der Waals surface area contributed by atoms with E-state index >= 15 is 0 Å². The fraction of sp³-hybridized carbons (Fsp3) is 0.533. The molecule has 6 heteroatoms. The molecule has 2 aliphatic heterocycles. The summed E-state index contributed by atoms with van der Waals surface area (Å²) in [6.45, 7) is 1.68. The molecular weight excluding hydrogens is 292 g/mol. The number of amides is 1. The maximum absolute atomic E-state index is 11.5. The summed E-state index contributed by atoms with van der Waals surface area (Å²) in [6, 6.07) is 3.50. The van der Waals surface area contributed by atoms with Crippen molar-refractivity contribution in [3.8, 4) is 0 Å². The summed E-state index contributed by atoms with van der Waals surface area (Å²) >= 11 is 6.34. The average Bonchev–Trinajstić information content (AvgIpc) is 3.08. The van der Waals surface area contributed by atoms with Gasteiger partial charge in [0.2, 0.25) is 0 Å². The topological polar surface area (TPSA) is 72.8 Å². The summed E-state index contributed by atoms with van der Waals surface area (Å²) in [5.74, 6) is 0.422. The highest BCUT2D eigenvalue weighted by molar-refractivity contribution is 6.33. The minimum atomic E-state index is -1.13. The predicted molar refractivity (Wildman–Crippen MR) is 79.5 cm³/mol. The molecule has 1 aromatic carbocycles. The zero-order valence-corrected chi connectivity index (χ0v) is 12.2. The first-order valence-electron chi connectivity index (χ1n) is 7.30. The van der Waals surface area contributed by atoms with Crippen molar-refractivity contribution in [2.24, 2.45) is 11.8 Å². The molecule has 0 spiro atoms. The zero-order valence-electron chi connectivity index (χ0n) is 11.4. The van der Waals surface area contributed by atoms with Gasteiger partial charge in [0.1, 0.15) is 0 Å². The van der Waals surface area contributed by atoms with Crippen molar-refractivity contribution in [1.82, 2.24) is 0 Å². The van der Waals surface area contributed by atoms with Gasteiger partial charge in [-0.1, -0.05) is 11.6 Å². The van der Waals surface area contributed by atoms with Crippen molar-refractivity contribution in [3.05, 3.63) is 22.7 Å². The van der Waals surface area contributed by atoms with Gasteiger partial charge in [0.25, 0.3) is 5.91 Å². The van der Waals surface area contributed by atoms with Gasteiger partial charge in [-0.05, 0) is 30.9 Å². The third kappa shape index (κ3) is 1.95. The quantitative estimate of drug-likeness (QED) is 0.736. The summed E-state index contributed by atoms with van der Waals surface area (Å²) in [7, 11) is 0. The SMILES string of the molecule is O=C1Nc2cc(N3CC4CCC(O)C4C3)c(Cl)cc2C1O. The second-order valence-electron chi connectivity index (χ2n) is 6.26. The number of fused-ring (bicyclic) bond motifs is 2. The average molecular weight is 309 g/mol. The smallest absolute Gasteiger partial charge is 0.257 e. The lowest BCUT2D eigenvalue weighted by molar-refractivity contribution is -0.123. The van der Waals surface area contributed by atoms with E-state index in [1.54, 1.807) is 6.07 Å². The number of halogens is 1. The normalized spacial score (nSPS) is 34.0. The number of nitrogens with zero attached hydrogens (tertiary/aromatic N) is 1. The number of rotatable bonds is 1. The zero-order chi connectivity index (χ0) is 14.7. The lowest BCUT2D eigenvalue weighted by Gasteiger charge is -2.22. The van der Waals surface area contributed by atoms with E-state index in [9.17, 15) is 15.0 Å². The first kappa shape index (κ1) is 13.4. The van der Waals surface area contributed by atoms with Crippen molar-refractivity contribution in [1.29, 1.82) is 0 Å². The van der Waals surface area contributed by atoms with E-state index in [4.69, 9.17) is 11.6 Å². The number of benzene rings is 1. The minimum absolute atomic E-state index is 0.213. The van der Waals surface area contributed by atoms with E-state index in [-0.39, 0.29) is 6.10 Å². The van der Waals surface area contributed by atoms with Crippen LogP contribution in [0, 0.1) is 11.8 Å². The van der Waals surface area contributed by atoms with Gasteiger partial charge in [0.15, 0.2) is 6.10 Å². The van der Waals surface area contributed by atoms with Crippen LogP contribution in [0.5, 0.6) is 0 Å². The van der Waals surface area contributed by atoms with Gasteiger partial charge < -0.3 is 20.4 Å². The molecule has 0 radical (unpaired) electrons. The fourth-order valence-electron chi connectivity index (χ4n) is 3.93. The Balaban J connectivity index is 1.65. The predicted octanol–water partition coefficient (Wildman–Crippen LogP) is 1.53. The Morgan fingerprint density at radius 1 is 1.24 bits per heavy atom. The number of carbonyl (C=O) groups is 1. The number of carbonyl (C=O) groups excluding carboxylic acids is 1. The molecule has 1 aromatic rings. The van der Waals surface area contributed by atoms with Crippen LogP contribution in [0.3, 0.4) is 0 Å². The lowest BCUT2D eigenvalue weighted by Crippen LogP contribution is -2.24. The van der Waals surface area contributed by atoms with Crippen molar-refractivity contribution < 1.29 is 15.0 Å². The van der Waals surface area contributed by atoms with Crippen LogP contribution in [0.15, 0.2) is 12.1 Å². The number of hydrogen-bond acceptors (Lipinski definition) is 4. The maximum atomic E-state index is 11.5. The molecule has 21 heavy (non-hydrogen) atoms. The van der Waals surface area contributed by atoms with E-state index in [1.807, 2.05) is 6.07 Å². The maximum Gasteiger partial charge on any atom is 0.257 e. The molecular formula is C15H17ClN2O3. The standard InChI is InChI=1S/C15H17ClN2O3/c16-10-3-8-11(17-15(21)14(8)20)4-12(10)18-5-7-1-2-13(19)9(7)6-18/h3-4,7,9,13-14,19-20H,1-2,5-6H2,(H,17,21). The Labute approximate surface area is 127 Å². The largest absolute Gasteiger partial charge is 0.393 e. The van der Waals surface area contributed by atoms with Crippen LogP contribution in [0.25, 0.3) is 0 Å². The summed E-state index contributed by atoms with van der Waals surface area (Å²) in [6.07, 6.45) is 0.602. The van der Waals surface area contributed by atoms with Gasteiger partial charge in [-0.15, -0.1) is 0 Å². The van der Waals surface area contributed by atoms with Crippen LogP contribution in [0.1, 0.15) is 24.5 Å². The molecule has 1 aliphatic carbocycles. The van der Waals surface area contributed by atoms with Gasteiger partial charge in [-0.3, -0.25) is 4.79 Å². The Hall–Kier alpha value is -1.30. The van der Waals surface area contributed by atoms with Crippen LogP contribution >= 0.6 is 11.6 Å². The summed E-state index contributed by atoms with van der Waals surface area (Å²) in [5, 5.41) is 23.0. The summed E-state index contributed by atoms with van der Waals surface area (Å²) in [5.41, 5.74) is 2.03. The molecule has 112 valence electrons. The third-order valence-corrected chi connectivity index (χ3v) is 5.38. The number of anilines is 2. The van der Waals surface area contributed by atoms with Crippen LogP contribution in [0.2, 0.25) is 5.02 Å². The third-order valence-electron chi connectivity index (χ3n) is 5.08. The molecule has 5 nitrogen and oxygen atoms in total. The Morgan fingerprint density at radius 3 is 2.81 bits per heavy atom. The van der Waals surface area contributed by atoms with Crippen molar-refractivity contribution in [2.45, 2.75) is 25.0 Å². The highest BCUT2D eigenvalue weighted by Crippen LogP contribution is 2.44. The monoisotopic (exact) mass is 308 g/mol. The van der Waals surface area contributed by atoms with Gasteiger partial charge in [-0.2, -0.15) is 0 Å². The first-order valence-corrected chi connectivity index (χ1v) is 7.68. The fourth-order valence-corrected chi connectivity index (χ4v) is 4.22. The second kappa shape index (κ2) is 4.60. The summed E-state index contributed by atoms with van der Waals surface area (Å²) in [4.78, 5) is 13.7. The molecule has 2 heterocycles. The van der Waals surface area contributed by atoms with E-state index in [0.717, 1.165) is 31.6 Å². The van der Waals surface area contributed by atoms with Gasteiger partial charge in [-0.25, -0.2) is 0 Å².